The largest absolute Gasteiger partial charge is 0.385 e. The van der Waals surface area contributed by atoms with Crippen molar-refractivity contribution < 1.29 is 9.53 Å². The highest BCUT2D eigenvalue weighted by Gasteiger charge is 2.39. The van der Waals surface area contributed by atoms with Crippen LogP contribution in [0.5, 0.6) is 0 Å². The first kappa shape index (κ1) is 25.7. The summed E-state index contributed by atoms with van der Waals surface area (Å²) in [6.07, 6.45) is 7.35. The Balaban J connectivity index is 1.53. The van der Waals surface area contributed by atoms with Crippen molar-refractivity contribution in [1.29, 1.82) is 0 Å². The van der Waals surface area contributed by atoms with Gasteiger partial charge in [0.25, 0.3) is 0 Å². The monoisotopic (exact) mass is 508 g/mol. The van der Waals surface area contributed by atoms with Crippen molar-refractivity contribution in [2.45, 2.75) is 69.3 Å². The Morgan fingerprint density at radius 2 is 2.09 bits per heavy atom. The molecule has 4 unspecified atom stereocenters. The molecule has 6 nitrogen and oxygen atoms in total. The van der Waals surface area contributed by atoms with Gasteiger partial charge in [0.15, 0.2) is 0 Å². The second-order valence-corrected chi connectivity index (χ2v) is 11.0. The van der Waals surface area contributed by atoms with Crippen LogP contribution in [0.15, 0.2) is 17.1 Å². The summed E-state index contributed by atoms with van der Waals surface area (Å²) in [5.74, 6) is 0.627. The van der Waals surface area contributed by atoms with E-state index in [2.05, 4.69) is 33.9 Å². The van der Waals surface area contributed by atoms with Crippen LogP contribution in [0, 0.1) is 11.8 Å². The highest BCUT2D eigenvalue weighted by Crippen LogP contribution is 2.42. The van der Waals surface area contributed by atoms with Gasteiger partial charge in [-0.1, -0.05) is 18.5 Å². The normalized spacial score (nSPS) is 30.2. The number of piperidine rings is 1. The average Bonchev–Trinajstić information content (AvgIpc) is 2.86. The Hall–Kier alpha value is -1.34. The molecule has 3 aliphatic heterocycles. The fourth-order valence-corrected chi connectivity index (χ4v) is 6.10. The lowest BCUT2D eigenvalue weighted by Crippen LogP contribution is -2.52. The van der Waals surface area contributed by atoms with Crippen LogP contribution in [0.4, 0.5) is 5.69 Å². The van der Waals surface area contributed by atoms with E-state index in [9.17, 15) is 4.79 Å². The zero-order valence-corrected chi connectivity index (χ0v) is 21.9. The van der Waals surface area contributed by atoms with E-state index in [1.165, 1.54) is 5.56 Å². The van der Waals surface area contributed by atoms with Crippen molar-refractivity contribution in [3.63, 3.8) is 0 Å². The van der Waals surface area contributed by atoms with E-state index in [1.54, 1.807) is 6.21 Å². The van der Waals surface area contributed by atoms with Gasteiger partial charge in [0.1, 0.15) is 5.66 Å². The van der Waals surface area contributed by atoms with E-state index in [0.717, 1.165) is 81.2 Å². The predicted octanol–water partition coefficient (Wildman–Crippen LogP) is 4.74. The number of ether oxygens (including phenoxy) is 1. The Bertz CT molecular complexity index is 884. The standard InChI is InChI=1S/C26H38Cl2N4O2/c1-3-19-23(30-14-17-8-11-34-12-9-17)7-6-21(27)24(19)20-13-26(2,31-16-22(20)28)32-25(33)18-5-4-10-29-15-18/h6-7,16-18,20,22,29-30H,3-5,8-15H2,1-2H3,(H,32,33). The fourth-order valence-electron chi connectivity index (χ4n) is 5.51. The van der Waals surface area contributed by atoms with E-state index in [0.29, 0.717) is 12.3 Å². The molecule has 1 aromatic rings. The number of nitrogens with zero attached hydrogens (tertiary/aromatic N) is 1. The minimum atomic E-state index is -0.704. The molecule has 1 amide bonds. The number of hydrogen-bond acceptors (Lipinski definition) is 5. The number of carbonyl (C=O) groups excluding carboxylic acids is 1. The van der Waals surface area contributed by atoms with Crippen molar-refractivity contribution in [1.82, 2.24) is 10.6 Å². The summed E-state index contributed by atoms with van der Waals surface area (Å²) >= 11 is 13.6. The molecule has 0 aliphatic carbocycles. The van der Waals surface area contributed by atoms with Crippen LogP contribution in [-0.4, -0.2) is 56.0 Å². The smallest absolute Gasteiger partial charge is 0.226 e. The molecule has 3 heterocycles. The third kappa shape index (κ3) is 6.07. The van der Waals surface area contributed by atoms with Crippen LogP contribution in [0.2, 0.25) is 5.02 Å². The summed E-state index contributed by atoms with van der Waals surface area (Å²) in [4.78, 5) is 17.7. The predicted molar refractivity (Wildman–Crippen MR) is 140 cm³/mol. The van der Waals surface area contributed by atoms with Crippen molar-refractivity contribution in [2.24, 2.45) is 16.8 Å². The zero-order valence-electron chi connectivity index (χ0n) is 20.3. The molecule has 2 fully saturated rings. The summed E-state index contributed by atoms with van der Waals surface area (Å²) in [5, 5.41) is 10.7. The van der Waals surface area contributed by atoms with Crippen LogP contribution >= 0.6 is 23.2 Å². The minimum Gasteiger partial charge on any atom is -0.385 e. The van der Waals surface area contributed by atoms with Crippen molar-refractivity contribution in [2.75, 3.05) is 38.2 Å². The van der Waals surface area contributed by atoms with E-state index < -0.39 is 5.66 Å². The topological polar surface area (TPSA) is 74.8 Å². The number of aliphatic imine (C=N–C) groups is 1. The van der Waals surface area contributed by atoms with Gasteiger partial charge in [-0.15, -0.1) is 11.6 Å². The van der Waals surface area contributed by atoms with Crippen LogP contribution in [0.1, 0.15) is 63.0 Å². The summed E-state index contributed by atoms with van der Waals surface area (Å²) < 4.78 is 5.50. The Kier molecular flexibility index (Phi) is 8.78. The van der Waals surface area contributed by atoms with Crippen LogP contribution in [-0.2, 0) is 16.0 Å². The number of hydrogen-bond donors (Lipinski definition) is 3. The number of benzene rings is 1. The van der Waals surface area contributed by atoms with Gasteiger partial charge in [0.2, 0.25) is 5.91 Å². The third-order valence-electron chi connectivity index (χ3n) is 7.51. The average molecular weight is 510 g/mol. The Morgan fingerprint density at radius 1 is 1.29 bits per heavy atom. The molecular weight excluding hydrogens is 471 g/mol. The highest BCUT2D eigenvalue weighted by molar-refractivity contribution is 6.32. The quantitative estimate of drug-likeness (QED) is 0.465. The third-order valence-corrected chi connectivity index (χ3v) is 8.26. The van der Waals surface area contributed by atoms with Gasteiger partial charge >= 0.3 is 0 Å². The number of nitrogens with one attached hydrogen (secondary N) is 3. The molecule has 1 aromatic carbocycles. The summed E-state index contributed by atoms with van der Waals surface area (Å²) in [5.41, 5.74) is 2.70. The van der Waals surface area contributed by atoms with Crippen molar-refractivity contribution in [3.05, 3.63) is 28.3 Å². The molecule has 0 saturated carbocycles. The first-order valence-electron chi connectivity index (χ1n) is 12.7. The highest BCUT2D eigenvalue weighted by atomic mass is 35.5. The van der Waals surface area contributed by atoms with Crippen LogP contribution in [0.25, 0.3) is 0 Å². The lowest BCUT2D eigenvalue weighted by atomic mass is 9.81. The zero-order chi connectivity index (χ0) is 24.1. The number of anilines is 1. The van der Waals surface area contributed by atoms with Gasteiger partial charge in [0, 0.05) is 49.1 Å². The van der Waals surface area contributed by atoms with Gasteiger partial charge in [-0.25, -0.2) is 0 Å². The molecule has 34 heavy (non-hydrogen) atoms. The number of amides is 1. The summed E-state index contributed by atoms with van der Waals surface area (Å²) in [6.45, 7) is 8.46. The van der Waals surface area contributed by atoms with Gasteiger partial charge in [0.05, 0.1) is 11.3 Å². The fraction of sp³-hybridized carbons (Fsp3) is 0.692. The molecule has 0 spiro atoms. The maximum atomic E-state index is 13.0. The lowest BCUT2D eigenvalue weighted by molar-refractivity contribution is -0.127. The molecule has 3 aliphatic rings. The molecule has 188 valence electrons. The number of carbonyl (C=O) groups is 1. The second kappa shape index (κ2) is 11.6. The molecule has 0 aromatic heterocycles. The summed E-state index contributed by atoms with van der Waals surface area (Å²) in [6, 6.07) is 4.06. The number of rotatable bonds is 7. The molecule has 0 radical (unpaired) electrons. The van der Waals surface area contributed by atoms with Gasteiger partial charge in [-0.3, -0.25) is 9.79 Å². The van der Waals surface area contributed by atoms with Crippen molar-refractivity contribution in [3.8, 4) is 0 Å². The van der Waals surface area contributed by atoms with Crippen LogP contribution < -0.4 is 16.0 Å². The van der Waals surface area contributed by atoms with Gasteiger partial charge in [-0.2, -0.15) is 0 Å². The molecule has 8 heteroatoms. The SMILES string of the molecule is CCc1c(NCC2CCOCC2)ccc(Cl)c1C1CC(C)(NC(=O)C2CCCNC2)N=CC1Cl. The maximum Gasteiger partial charge on any atom is 0.226 e. The molecular formula is C26H38Cl2N4O2. The lowest BCUT2D eigenvalue weighted by Gasteiger charge is -2.38. The molecule has 4 atom stereocenters. The van der Waals surface area contributed by atoms with E-state index >= 15 is 0 Å². The van der Waals surface area contributed by atoms with Crippen molar-refractivity contribution >= 4 is 41.0 Å². The second-order valence-electron chi connectivity index (χ2n) is 10.1. The Morgan fingerprint density at radius 3 is 2.79 bits per heavy atom. The number of alkyl halides is 1. The number of halogens is 2. The first-order valence-corrected chi connectivity index (χ1v) is 13.6. The molecule has 2 saturated heterocycles. The minimum absolute atomic E-state index is 0.0135. The maximum absolute atomic E-state index is 13.0. The van der Waals surface area contributed by atoms with Gasteiger partial charge < -0.3 is 20.7 Å². The van der Waals surface area contributed by atoms with E-state index in [4.69, 9.17) is 27.9 Å². The first-order chi connectivity index (χ1) is 16.4. The van der Waals surface area contributed by atoms with E-state index in [-0.39, 0.29) is 23.1 Å². The van der Waals surface area contributed by atoms with E-state index in [1.807, 2.05) is 13.0 Å². The molecule has 4 rings (SSSR count). The molecule has 3 N–H and O–H groups in total. The van der Waals surface area contributed by atoms with Crippen LogP contribution in [0.3, 0.4) is 0 Å². The van der Waals surface area contributed by atoms with Gasteiger partial charge in [-0.05, 0) is 81.2 Å². The summed E-state index contributed by atoms with van der Waals surface area (Å²) in [7, 11) is 0. The Labute approximate surface area is 213 Å². The molecule has 0 bridgehead atoms.